The zero-order valence-electron chi connectivity index (χ0n) is 11.4. The summed E-state index contributed by atoms with van der Waals surface area (Å²) in [5.41, 5.74) is 1.71. The molecule has 2 heterocycles. The van der Waals surface area contributed by atoms with Crippen LogP contribution in [-0.2, 0) is 0 Å². The van der Waals surface area contributed by atoms with Gasteiger partial charge < -0.3 is 5.32 Å². The molecule has 0 aliphatic heterocycles. The van der Waals surface area contributed by atoms with Gasteiger partial charge in [-0.15, -0.1) is 16.4 Å². The molecule has 0 saturated heterocycles. The second-order valence-electron chi connectivity index (χ2n) is 4.36. The van der Waals surface area contributed by atoms with Crippen molar-refractivity contribution in [3.05, 3.63) is 33.6 Å². The lowest BCUT2D eigenvalue weighted by atomic mass is 10.2. The molecular formula is C13H11Cl2N5S2. The minimum atomic E-state index is 0.448. The van der Waals surface area contributed by atoms with Crippen LogP contribution >= 0.6 is 46.8 Å². The van der Waals surface area contributed by atoms with Crippen LogP contribution in [0.1, 0.15) is 6.92 Å². The molecule has 0 spiro atoms. The maximum absolute atomic E-state index is 6.27. The van der Waals surface area contributed by atoms with Crippen LogP contribution in [0.5, 0.6) is 0 Å². The monoisotopic (exact) mass is 371 g/mol. The molecule has 3 aromatic rings. The van der Waals surface area contributed by atoms with Crippen LogP contribution in [0.2, 0.25) is 10.0 Å². The summed E-state index contributed by atoms with van der Waals surface area (Å²) in [6, 6.07) is 5.37. The molecule has 0 saturated carbocycles. The molecule has 0 aliphatic rings. The minimum Gasteiger partial charge on any atom is -0.363 e. The number of thiazole rings is 1. The lowest BCUT2D eigenvalue weighted by molar-refractivity contribution is 0.965. The Bertz CT molecular complexity index is 842. The van der Waals surface area contributed by atoms with Crippen molar-refractivity contribution >= 4 is 62.8 Å². The SMILES string of the molecule is CCNC(=S)Nc1nc2scc(-c3ccc(Cl)cc3Cl)n2n1. The highest BCUT2D eigenvalue weighted by Crippen LogP contribution is 2.32. The lowest BCUT2D eigenvalue weighted by Gasteiger charge is -2.04. The van der Waals surface area contributed by atoms with Gasteiger partial charge in [-0.3, -0.25) is 5.32 Å². The van der Waals surface area contributed by atoms with Crippen LogP contribution in [0.4, 0.5) is 5.95 Å². The van der Waals surface area contributed by atoms with E-state index in [1.165, 1.54) is 11.3 Å². The smallest absolute Gasteiger partial charge is 0.250 e. The predicted molar refractivity (Wildman–Crippen MR) is 96.2 cm³/mol. The van der Waals surface area contributed by atoms with E-state index in [0.29, 0.717) is 21.1 Å². The summed E-state index contributed by atoms with van der Waals surface area (Å²) in [5.74, 6) is 0.448. The molecule has 22 heavy (non-hydrogen) atoms. The van der Waals surface area contributed by atoms with Gasteiger partial charge in [-0.2, -0.15) is 4.98 Å². The molecule has 114 valence electrons. The number of anilines is 1. The Labute approximate surface area is 146 Å². The molecule has 0 unspecified atom stereocenters. The van der Waals surface area contributed by atoms with Crippen molar-refractivity contribution in [2.75, 3.05) is 11.9 Å². The zero-order chi connectivity index (χ0) is 15.7. The van der Waals surface area contributed by atoms with Gasteiger partial charge in [-0.05, 0) is 37.3 Å². The van der Waals surface area contributed by atoms with Gasteiger partial charge in [0.1, 0.15) is 0 Å². The molecule has 2 N–H and O–H groups in total. The van der Waals surface area contributed by atoms with Crippen LogP contribution in [0.3, 0.4) is 0 Å². The lowest BCUT2D eigenvalue weighted by Crippen LogP contribution is -2.28. The van der Waals surface area contributed by atoms with Gasteiger partial charge in [0.15, 0.2) is 5.11 Å². The highest BCUT2D eigenvalue weighted by molar-refractivity contribution is 7.80. The minimum absolute atomic E-state index is 0.448. The third-order valence-electron chi connectivity index (χ3n) is 2.85. The summed E-state index contributed by atoms with van der Waals surface area (Å²) >= 11 is 18.8. The predicted octanol–water partition coefficient (Wildman–Crippen LogP) is 4.07. The van der Waals surface area contributed by atoms with E-state index in [-0.39, 0.29) is 0 Å². The van der Waals surface area contributed by atoms with Gasteiger partial charge in [-0.25, -0.2) is 4.52 Å². The summed E-state index contributed by atoms with van der Waals surface area (Å²) in [6.45, 7) is 2.70. The highest BCUT2D eigenvalue weighted by Gasteiger charge is 2.14. The molecule has 0 amide bonds. The molecular weight excluding hydrogens is 361 g/mol. The van der Waals surface area contributed by atoms with Gasteiger partial charge in [-0.1, -0.05) is 23.2 Å². The largest absolute Gasteiger partial charge is 0.363 e. The fourth-order valence-electron chi connectivity index (χ4n) is 1.92. The molecule has 9 heteroatoms. The summed E-state index contributed by atoms with van der Waals surface area (Å²) in [5, 5.41) is 14.0. The number of benzene rings is 1. The maximum Gasteiger partial charge on any atom is 0.250 e. The summed E-state index contributed by atoms with van der Waals surface area (Å²) < 4.78 is 1.73. The Hall–Kier alpha value is -1.41. The second kappa shape index (κ2) is 6.37. The first-order valence-corrected chi connectivity index (χ1v) is 8.47. The third kappa shape index (κ3) is 3.03. The van der Waals surface area contributed by atoms with Crippen molar-refractivity contribution < 1.29 is 0 Å². The van der Waals surface area contributed by atoms with E-state index >= 15 is 0 Å². The van der Waals surface area contributed by atoms with E-state index in [1.807, 2.05) is 18.4 Å². The van der Waals surface area contributed by atoms with Gasteiger partial charge in [0.2, 0.25) is 10.9 Å². The molecule has 0 bridgehead atoms. The van der Waals surface area contributed by atoms with Gasteiger partial charge >= 0.3 is 0 Å². The molecule has 2 aromatic heterocycles. The molecule has 5 nitrogen and oxygen atoms in total. The van der Waals surface area contributed by atoms with E-state index in [2.05, 4.69) is 20.7 Å². The first-order chi connectivity index (χ1) is 10.6. The molecule has 3 rings (SSSR count). The van der Waals surface area contributed by atoms with Crippen molar-refractivity contribution in [3.8, 4) is 11.3 Å². The second-order valence-corrected chi connectivity index (χ2v) is 6.45. The Balaban J connectivity index is 1.98. The quantitative estimate of drug-likeness (QED) is 0.679. The molecule has 0 radical (unpaired) electrons. The topological polar surface area (TPSA) is 54.2 Å². The maximum atomic E-state index is 6.27. The number of nitrogens with zero attached hydrogens (tertiary/aromatic N) is 3. The van der Waals surface area contributed by atoms with Crippen LogP contribution < -0.4 is 10.6 Å². The number of halogens is 2. The number of hydrogen-bond donors (Lipinski definition) is 2. The summed E-state index contributed by atoms with van der Waals surface area (Å²) in [4.78, 5) is 5.14. The van der Waals surface area contributed by atoms with E-state index < -0.39 is 0 Å². The standard InChI is InChI=1S/C13H11Cl2N5S2/c1-2-16-12(21)17-11-18-13-20(19-11)10(6-22-13)8-4-3-7(14)5-9(8)15/h3-6H,2H2,1H3,(H2,16,17,19,21). The average Bonchev–Trinajstić information content (AvgIpc) is 2.99. The van der Waals surface area contributed by atoms with Crippen molar-refractivity contribution in [1.29, 1.82) is 0 Å². The van der Waals surface area contributed by atoms with Gasteiger partial charge in [0.05, 0.1) is 10.7 Å². The van der Waals surface area contributed by atoms with Crippen molar-refractivity contribution in [1.82, 2.24) is 19.9 Å². The van der Waals surface area contributed by atoms with Crippen LogP contribution in [-0.4, -0.2) is 26.3 Å². The Morgan fingerprint density at radius 1 is 1.41 bits per heavy atom. The first-order valence-electron chi connectivity index (χ1n) is 6.43. The van der Waals surface area contributed by atoms with Gasteiger partial charge in [0, 0.05) is 22.5 Å². The number of nitrogens with one attached hydrogen (secondary N) is 2. The highest BCUT2D eigenvalue weighted by atomic mass is 35.5. The van der Waals surface area contributed by atoms with Crippen molar-refractivity contribution in [2.24, 2.45) is 0 Å². The fourth-order valence-corrected chi connectivity index (χ4v) is 3.49. The number of aromatic nitrogens is 3. The van der Waals surface area contributed by atoms with Crippen LogP contribution in [0, 0.1) is 0 Å². The molecule has 1 aromatic carbocycles. The first kappa shape index (κ1) is 15.5. The number of fused-ring (bicyclic) bond motifs is 1. The van der Waals surface area contributed by atoms with Crippen LogP contribution in [0.15, 0.2) is 23.6 Å². The van der Waals surface area contributed by atoms with Crippen molar-refractivity contribution in [2.45, 2.75) is 6.92 Å². The normalized spacial score (nSPS) is 10.9. The fraction of sp³-hybridized carbons (Fsp3) is 0.154. The van der Waals surface area contributed by atoms with E-state index in [4.69, 9.17) is 35.4 Å². The number of thiocarbonyl (C=S) groups is 1. The summed E-state index contributed by atoms with van der Waals surface area (Å²) in [7, 11) is 0. The molecule has 0 fully saturated rings. The van der Waals surface area contributed by atoms with Crippen LogP contribution in [0.25, 0.3) is 16.2 Å². The van der Waals surface area contributed by atoms with E-state index in [9.17, 15) is 0 Å². The van der Waals surface area contributed by atoms with E-state index in [0.717, 1.165) is 22.8 Å². The average molecular weight is 372 g/mol. The Morgan fingerprint density at radius 2 is 2.23 bits per heavy atom. The van der Waals surface area contributed by atoms with Crippen molar-refractivity contribution in [3.63, 3.8) is 0 Å². The zero-order valence-corrected chi connectivity index (χ0v) is 14.6. The number of rotatable bonds is 3. The molecule has 0 atom stereocenters. The summed E-state index contributed by atoms with van der Waals surface area (Å²) in [6.07, 6.45) is 0. The van der Waals surface area contributed by atoms with Gasteiger partial charge in [0.25, 0.3) is 0 Å². The molecule has 0 aliphatic carbocycles. The van der Waals surface area contributed by atoms with E-state index in [1.54, 1.807) is 16.6 Å². The number of hydrogen-bond acceptors (Lipinski definition) is 4. The third-order valence-corrected chi connectivity index (χ3v) is 4.46. The Morgan fingerprint density at radius 3 is 2.95 bits per heavy atom. The Kier molecular flexibility index (Phi) is 4.49.